The fourth-order valence-electron chi connectivity index (χ4n) is 2.30. The third-order valence-corrected chi connectivity index (χ3v) is 3.23. The van der Waals surface area contributed by atoms with E-state index in [-0.39, 0.29) is 6.42 Å². The van der Waals surface area contributed by atoms with E-state index in [1.165, 1.54) is 10.9 Å². The van der Waals surface area contributed by atoms with Gasteiger partial charge in [0.25, 0.3) is 0 Å². The number of hydrogen-bond donors (Lipinski definition) is 3. The molecule has 1 aliphatic heterocycles. The van der Waals surface area contributed by atoms with Crippen molar-refractivity contribution >= 4 is 16.9 Å². The van der Waals surface area contributed by atoms with Crippen molar-refractivity contribution in [1.82, 2.24) is 14.5 Å². The summed E-state index contributed by atoms with van der Waals surface area (Å²) in [4.78, 5) is 7.90. The fraction of sp³-hybridized carbons (Fsp3) is 0.455. The second kappa shape index (κ2) is 4.12. The number of alkyl halides is 1. The molecule has 3 atom stereocenters. The summed E-state index contributed by atoms with van der Waals surface area (Å²) in [7, 11) is 0. The minimum absolute atomic E-state index is 0.296. The van der Waals surface area contributed by atoms with Crippen molar-refractivity contribution in [3.63, 3.8) is 0 Å². The van der Waals surface area contributed by atoms with Crippen LogP contribution in [0.4, 0.5) is 10.2 Å². The molecule has 0 spiro atoms. The summed E-state index contributed by atoms with van der Waals surface area (Å²) < 4.78 is 20.5. The van der Waals surface area contributed by atoms with E-state index in [9.17, 15) is 9.50 Å². The van der Waals surface area contributed by atoms with E-state index < -0.39 is 24.8 Å². The zero-order valence-electron chi connectivity index (χ0n) is 9.90. The molecule has 1 aliphatic rings. The SMILES string of the molecule is Nc1ncnc2c1ccn2[C@@H]1O[C@@](F)(CO)C[C@H]1O. The van der Waals surface area contributed by atoms with E-state index in [1.54, 1.807) is 12.3 Å². The van der Waals surface area contributed by atoms with Crippen LogP contribution in [-0.4, -0.2) is 43.3 Å². The first-order valence-electron chi connectivity index (χ1n) is 5.77. The monoisotopic (exact) mass is 268 g/mol. The Labute approximate surface area is 107 Å². The van der Waals surface area contributed by atoms with Gasteiger partial charge in [-0.15, -0.1) is 0 Å². The second-order valence-corrected chi connectivity index (χ2v) is 4.54. The van der Waals surface area contributed by atoms with Gasteiger partial charge in [0.05, 0.1) is 5.39 Å². The number of nitrogens with two attached hydrogens (primary N) is 1. The Morgan fingerprint density at radius 1 is 1.58 bits per heavy atom. The molecule has 1 saturated heterocycles. The molecule has 19 heavy (non-hydrogen) atoms. The molecule has 8 heteroatoms. The lowest BCUT2D eigenvalue weighted by atomic mass is 10.2. The number of aliphatic hydroxyl groups excluding tert-OH is 2. The van der Waals surface area contributed by atoms with Gasteiger partial charge < -0.3 is 25.3 Å². The normalized spacial score (nSPS) is 31.1. The smallest absolute Gasteiger partial charge is 0.237 e. The summed E-state index contributed by atoms with van der Waals surface area (Å²) in [6, 6.07) is 1.66. The average Bonchev–Trinajstić information content (AvgIpc) is 2.92. The van der Waals surface area contributed by atoms with Gasteiger partial charge in [-0.05, 0) is 6.07 Å². The largest absolute Gasteiger partial charge is 0.390 e. The predicted octanol–water partition coefficient (Wildman–Crippen LogP) is -0.0486. The maximum Gasteiger partial charge on any atom is 0.237 e. The molecule has 0 bridgehead atoms. The van der Waals surface area contributed by atoms with Crippen molar-refractivity contribution in [2.24, 2.45) is 0 Å². The standard InChI is InChI=1S/C11H13FN4O3/c12-11(4-17)3-7(18)10(19-11)16-2-1-6-8(13)14-5-15-9(6)16/h1-2,5,7,10,17-18H,3-4H2,(H2,13,14,15)/t7-,10-,11-/m1/s1. The van der Waals surface area contributed by atoms with E-state index >= 15 is 0 Å². The van der Waals surface area contributed by atoms with Gasteiger partial charge in [-0.25, -0.2) is 14.4 Å². The number of ether oxygens (including phenoxy) is 1. The molecule has 3 heterocycles. The van der Waals surface area contributed by atoms with Crippen LogP contribution in [0.15, 0.2) is 18.6 Å². The van der Waals surface area contributed by atoms with E-state index in [1.807, 2.05) is 0 Å². The summed E-state index contributed by atoms with van der Waals surface area (Å²) in [6.45, 7) is -0.809. The highest BCUT2D eigenvalue weighted by molar-refractivity contribution is 5.86. The molecule has 4 N–H and O–H groups in total. The van der Waals surface area contributed by atoms with E-state index in [2.05, 4.69) is 9.97 Å². The zero-order valence-corrected chi connectivity index (χ0v) is 9.90. The highest BCUT2D eigenvalue weighted by Gasteiger charge is 2.47. The van der Waals surface area contributed by atoms with Crippen molar-refractivity contribution in [3.05, 3.63) is 18.6 Å². The molecule has 2 aromatic rings. The zero-order chi connectivity index (χ0) is 13.6. The number of nitrogens with zero attached hydrogens (tertiary/aromatic N) is 3. The first-order chi connectivity index (χ1) is 9.04. The lowest BCUT2D eigenvalue weighted by Crippen LogP contribution is -2.27. The van der Waals surface area contributed by atoms with Gasteiger partial charge in [-0.1, -0.05) is 0 Å². The second-order valence-electron chi connectivity index (χ2n) is 4.54. The molecule has 0 amide bonds. The highest BCUT2D eigenvalue weighted by atomic mass is 19.2. The Morgan fingerprint density at radius 3 is 3.05 bits per heavy atom. The summed E-state index contributed by atoms with van der Waals surface area (Å²) in [5.41, 5.74) is 6.14. The maximum atomic E-state index is 13.9. The van der Waals surface area contributed by atoms with Crippen LogP contribution in [0.2, 0.25) is 0 Å². The lowest BCUT2D eigenvalue weighted by Gasteiger charge is -2.19. The number of aliphatic hydroxyl groups is 2. The van der Waals surface area contributed by atoms with Gasteiger partial charge in [0.2, 0.25) is 5.85 Å². The van der Waals surface area contributed by atoms with Crippen LogP contribution in [-0.2, 0) is 4.74 Å². The van der Waals surface area contributed by atoms with Crippen LogP contribution in [0.25, 0.3) is 11.0 Å². The summed E-state index contributed by atoms with van der Waals surface area (Å²) in [6.07, 6.45) is 0.540. The average molecular weight is 268 g/mol. The molecule has 102 valence electrons. The van der Waals surface area contributed by atoms with E-state index in [0.29, 0.717) is 16.9 Å². The topological polar surface area (TPSA) is 106 Å². The van der Waals surface area contributed by atoms with Crippen LogP contribution in [0, 0.1) is 0 Å². The molecule has 0 aromatic carbocycles. The molecule has 0 aliphatic carbocycles. The summed E-state index contributed by atoms with van der Waals surface area (Å²) in [5, 5.41) is 19.4. The highest BCUT2D eigenvalue weighted by Crippen LogP contribution is 2.39. The quantitative estimate of drug-likeness (QED) is 0.705. The number of aromatic nitrogens is 3. The number of hydrogen-bond acceptors (Lipinski definition) is 6. The molecular weight excluding hydrogens is 255 g/mol. The Hall–Kier alpha value is -1.77. The van der Waals surface area contributed by atoms with Crippen LogP contribution in [0.3, 0.4) is 0 Å². The Kier molecular flexibility index (Phi) is 2.66. The van der Waals surface area contributed by atoms with Crippen LogP contribution >= 0.6 is 0 Å². The molecule has 0 unspecified atom stereocenters. The number of fused-ring (bicyclic) bond motifs is 1. The summed E-state index contributed by atoms with van der Waals surface area (Å²) >= 11 is 0. The van der Waals surface area contributed by atoms with Gasteiger partial charge >= 0.3 is 0 Å². The number of nitrogen functional groups attached to an aromatic ring is 1. The van der Waals surface area contributed by atoms with Gasteiger partial charge in [0, 0.05) is 12.6 Å². The number of anilines is 1. The van der Waals surface area contributed by atoms with E-state index in [4.69, 9.17) is 15.6 Å². The first-order valence-corrected chi connectivity index (χ1v) is 5.77. The van der Waals surface area contributed by atoms with Crippen LogP contribution in [0.1, 0.15) is 12.6 Å². The fourth-order valence-corrected chi connectivity index (χ4v) is 2.30. The maximum absolute atomic E-state index is 13.9. The molecule has 1 fully saturated rings. The number of halogens is 1. The van der Waals surface area contributed by atoms with Crippen LogP contribution in [0.5, 0.6) is 0 Å². The van der Waals surface area contributed by atoms with Crippen molar-refractivity contribution in [1.29, 1.82) is 0 Å². The van der Waals surface area contributed by atoms with Crippen LogP contribution < -0.4 is 5.73 Å². The molecule has 0 radical (unpaired) electrons. The Morgan fingerprint density at radius 2 is 2.37 bits per heavy atom. The predicted molar refractivity (Wildman–Crippen MR) is 63.6 cm³/mol. The minimum Gasteiger partial charge on any atom is -0.390 e. The molecular formula is C11H13FN4O3. The van der Waals surface area contributed by atoms with Crippen molar-refractivity contribution in [2.75, 3.05) is 12.3 Å². The van der Waals surface area contributed by atoms with Gasteiger partial charge in [0.15, 0.2) is 6.23 Å². The Balaban J connectivity index is 2.04. The van der Waals surface area contributed by atoms with Crippen molar-refractivity contribution in [2.45, 2.75) is 24.6 Å². The minimum atomic E-state index is -2.24. The number of rotatable bonds is 2. The molecule has 7 nitrogen and oxygen atoms in total. The molecule has 2 aromatic heterocycles. The lowest BCUT2D eigenvalue weighted by molar-refractivity contribution is -0.179. The Bertz CT molecular complexity index is 619. The summed E-state index contributed by atoms with van der Waals surface area (Å²) in [5.74, 6) is -1.94. The molecule has 0 saturated carbocycles. The van der Waals surface area contributed by atoms with E-state index in [0.717, 1.165) is 0 Å². The van der Waals surface area contributed by atoms with Gasteiger partial charge in [0.1, 0.15) is 30.5 Å². The van der Waals surface area contributed by atoms with Gasteiger partial charge in [-0.2, -0.15) is 0 Å². The first kappa shape index (κ1) is 12.3. The van der Waals surface area contributed by atoms with Crippen molar-refractivity contribution in [3.8, 4) is 0 Å². The molecule has 3 rings (SSSR count). The third kappa shape index (κ3) is 1.84. The van der Waals surface area contributed by atoms with Gasteiger partial charge in [-0.3, -0.25) is 0 Å². The third-order valence-electron chi connectivity index (χ3n) is 3.23. The van der Waals surface area contributed by atoms with Crippen molar-refractivity contribution < 1.29 is 19.3 Å².